The van der Waals surface area contributed by atoms with Crippen LogP contribution in [0.4, 0.5) is 5.69 Å². The number of carbonyl (C=O) groups is 1. The molecule has 4 rings (SSSR count). The monoisotopic (exact) mass is 358 g/mol. The first-order chi connectivity index (χ1) is 13.2. The molecule has 0 fully saturated rings. The Labute approximate surface area is 159 Å². The van der Waals surface area contributed by atoms with Crippen molar-refractivity contribution >= 4 is 22.4 Å². The minimum atomic E-state index is -0.302. The largest absolute Gasteiger partial charge is 0.489 e. The Morgan fingerprint density at radius 3 is 2.70 bits per heavy atom. The zero-order valence-corrected chi connectivity index (χ0v) is 15.3. The summed E-state index contributed by atoms with van der Waals surface area (Å²) in [7, 11) is 0. The number of para-hydroxylation sites is 1. The van der Waals surface area contributed by atoms with Gasteiger partial charge in [0.25, 0.3) is 5.91 Å². The first kappa shape index (κ1) is 17.2. The number of fused-ring (bicyclic) bond motifs is 2. The number of amides is 1. The van der Waals surface area contributed by atoms with Crippen LogP contribution in [0.15, 0.2) is 73.3 Å². The third-order valence-electron chi connectivity index (χ3n) is 4.92. The summed E-state index contributed by atoms with van der Waals surface area (Å²) < 4.78 is 5.97. The summed E-state index contributed by atoms with van der Waals surface area (Å²) >= 11 is 0. The number of ether oxygens (including phenoxy) is 1. The molecule has 3 aromatic carbocycles. The SMILES string of the molecule is C=CCOc1ccc2ccccc2c1C1Nc2ccccc2C(=O)N1CC. The zero-order valence-electron chi connectivity index (χ0n) is 15.3. The van der Waals surface area contributed by atoms with Gasteiger partial charge in [-0.25, -0.2) is 0 Å². The van der Waals surface area contributed by atoms with Crippen molar-refractivity contribution in [3.05, 3.63) is 84.4 Å². The average molecular weight is 358 g/mol. The highest BCUT2D eigenvalue weighted by Gasteiger charge is 2.34. The number of rotatable bonds is 5. The van der Waals surface area contributed by atoms with Gasteiger partial charge in [0.2, 0.25) is 0 Å². The Morgan fingerprint density at radius 1 is 1.11 bits per heavy atom. The van der Waals surface area contributed by atoms with Gasteiger partial charge in [-0.05, 0) is 35.9 Å². The van der Waals surface area contributed by atoms with Gasteiger partial charge in [-0.3, -0.25) is 4.79 Å². The van der Waals surface area contributed by atoms with E-state index in [9.17, 15) is 4.79 Å². The van der Waals surface area contributed by atoms with Gasteiger partial charge in [-0.2, -0.15) is 0 Å². The molecule has 1 atom stereocenters. The van der Waals surface area contributed by atoms with E-state index in [0.717, 1.165) is 27.8 Å². The average Bonchev–Trinajstić information content (AvgIpc) is 2.71. The number of benzene rings is 3. The van der Waals surface area contributed by atoms with Crippen LogP contribution >= 0.6 is 0 Å². The molecule has 1 unspecified atom stereocenters. The molecule has 1 aliphatic rings. The second kappa shape index (κ2) is 7.16. The molecule has 0 radical (unpaired) electrons. The minimum Gasteiger partial charge on any atom is -0.489 e. The lowest BCUT2D eigenvalue weighted by Crippen LogP contribution is -2.43. The van der Waals surface area contributed by atoms with Crippen molar-refractivity contribution in [1.29, 1.82) is 0 Å². The third-order valence-corrected chi connectivity index (χ3v) is 4.92. The molecule has 1 amide bonds. The van der Waals surface area contributed by atoms with E-state index in [1.807, 2.05) is 60.4 Å². The van der Waals surface area contributed by atoms with Gasteiger partial charge in [0.05, 0.1) is 5.56 Å². The van der Waals surface area contributed by atoms with Crippen LogP contribution in [0.2, 0.25) is 0 Å². The fourth-order valence-corrected chi connectivity index (χ4v) is 3.68. The lowest BCUT2D eigenvalue weighted by atomic mass is 9.97. The summed E-state index contributed by atoms with van der Waals surface area (Å²) in [5, 5.41) is 5.74. The highest BCUT2D eigenvalue weighted by molar-refractivity contribution is 6.02. The third kappa shape index (κ3) is 2.93. The van der Waals surface area contributed by atoms with E-state index in [1.165, 1.54) is 0 Å². The van der Waals surface area contributed by atoms with Gasteiger partial charge in [-0.1, -0.05) is 55.1 Å². The number of nitrogens with zero attached hydrogens (tertiary/aromatic N) is 1. The Kier molecular flexibility index (Phi) is 4.55. The number of anilines is 1. The number of hydrogen-bond donors (Lipinski definition) is 1. The molecule has 4 nitrogen and oxygen atoms in total. The molecule has 0 bridgehead atoms. The Hall–Kier alpha value is -3.27. The maximum atomic E-state index is 13.1. The van der Waals surface area contributed by atoms with Crippen LogP contribution in [-0.4, -0.2) is 24.0 Å². The maximum Gasteiger partial charge on any atom is 0.257 e. The predicted octanol–water partition coefficient (Wildman–Crippen LogP) is 4.99. The normalized spacial score (nSPS) is 16.0. The fraction of sp³-hybridized carbons (Fsp3) is 0.174. The lowest BCUT2D eigenvalue weighted by molar-refractivity contribution is 0.0694. The summed E-state index contributed by atoms with van der Waals surface area (Å²) in [6.07, 6.45) is 1.43. The van der Waals surface area contributed by atoms with Crippen molar-refractivity contribution < 1.29 is 9.53 Å². The first-order valence-electron chi connectivity index (χ1n) is 9.16. The summed E-state index contributed by atoms with van der Waals surface area (Å²) in [5.74, 6) is 0.788. The summed E-state index contributed by atoms with van der Waals surface area (Å²) in [6, 6.07) is 19.8. The van der Waals surface area contributed by atoms with Crippen LogP contribution in [-0.2, 0) is 0 Å². The van der Waals surface area contributed by atoms with Crippen LogP contribution < -0.4 is 10.1 Å². The van der Waals surface area contributed by atoms with E-state index >= 15 is 0 Å². The van der Waals surface area contributed by atoms with Crippen molar-refractivity contribution in [3.63, 3.8) is 0 Å². The molecule has 0 spiro atoms. The molecule has 4 heteroatoms. The van der Waals surface area contributed by atoms with Crippen molar-refractivity contribution in [1.82, 2.24) is 4.90 Å². The maximum absolute atomic E-state index is 13.1. The molecule has 1 N–H and O–H groups in total. The Morgan fingerprint density at radius 2 is 1.89 bits per heavy atom. The molecule has 3 aromatic rings. The highest BCUT2D eigenvalue weighted by atomic mass is 16.5. The summed E-state index contributed by atoms with van der Waals surface area (Å²) in [6.45, 7) is 6.75. The van der Waals surface area contributed by atoms with Crippen molar-refractivity contribution in [2.45, 2.75) is 13.1 Å². The molecule has 27 heavy (non-hydrogen) atoms. The zero-order chi connectivity index (χ0) is 18.8. The van der Waals surface area contributed by atoms with E-state index in [-0.39, 0.29) is 12.1 Å². The number of hydrogen-bond acceptors (Lipinski definition) is 3. The molecule has 0 saturated heterocycles. The van der Waals surface area contributed by atoms with Gasteiger partial charge in [0, 0.05) is 17.8 Å². The topological polar surface area (TPSA) is 41.6 Å². The van der Waals surface area contributed by atoms with Gasteiger partial charge in [0.15, 0.2) is 0 Å². The van der Waals surface area contributed by atoms with Crippen molar-refractivity contribution in [2.24, 2.45) is 0 Å². The van der Waals surface area contributed by atoms with Crippen LogP contribution in [0.5, 0.6) is 5.75 Å². The smallest absolute Gasteiger partial charge is 0.257 e. The van der Waals surface area contributed by atoms with E-state index in [0.29, 0.717) is 18.7 Å². The van der Waals surface area contributed by atoms with E-state index in [1.54, 1.807) is 6.08 Å². The summed E-state index contributed by atoms with van der Waals surface area (Å²) in [5.41, 5.74) is 2.52. The van der Waals surface area contributed by atoms with Crippen LogP contribution in [0.25, 0.3) is 10.8 Å². The standard InChI is InChI=1S/C23H22N2O2/c1-3-15-27-20-14-13-16-9-5-6-10-17(16)21(20)22-24-19-12-8-7-11-18(19)23(26)25(22)4-2/h3,5-14,22,24H,1,4,15H2,2H3. The van der Waals surface area contributed by atoms with Gasteiger partial charge < -0.3 is 15.0 Å². The van der Waals surface area contributed by atoms with Crippen LogP contribution in [0, 0.1) is 0 Å². The molecule has 136 valence electrons. The molecule has 1 heterocycles. The second-order valence-electron chi connectivity index (χ2n) is 6.48. The van der Waals surface area contributed by atoms with Crippen LogP contribution in [0.3, 0.4) is 0 Å². The quantitative estimate of drug-likeness (QED) is 0.653. The fourth-order valence-electron chi connectivity index (χ4n) is 3.68. The molecule has 0 saturated carbocycles. The first-order valence-corrected chi connectivity index (χ1v) is 9.16. The van der Waals surface area contributed by atoms with Gasteiger partial charge in [0.1, 0.15) is 18.5 Å². The Balaban J connectivity index is 1.92. The van der Waals surface area contributed by atoms with Gasteiger partial charge >= 0.3 is 0 Å². The minimum absolute atomic E-state index is 0.0273. The van der Waals surface area contributed by atoms with Crippen molar-refractivity contribution in [3.8, 4) is 5.75 Å². The Bertz CT molecular complexity index is 1010. The van der Waals surface area contributed by atoms with E-state index in [2.05, 4.69) is 24.0 Å². The van der Waals surface area contributed by atoms with Crippen LogP contribution in [0.1, 0.15) is 29.0 Å². The van der Waals surface area contributed by atoms with Crippen molar-refractivity contribution in [2.75, 3.05) is 18.5 Å². The molecule has 0 aromatic heterocycles. The predicted molar refractivity (Wildman–Crippen MR) is 109 cm³/mol. The van der Waals surface area contributed by atoms with E-state index < -0.39 is 0 Å². The number of carbonyl (C=O) groups excluding carboxylic acids is 1. The molecular formula is C23H22N2O2. The summed E-state index contributed by atoms with van der Waals surface area (Å²) in [4.78, 5) is 15.0. The second-order valence-corrected chi connectivity index (χ2v) is 6.48. The van der Waals surface area contributed by atoms with Gasteiger partial charge in [-0.15, -0.1) is 0 Å². The van der Waals surface area contributed by atoms with E-state index in [4.69, 9.17) is 4.74 Å². The molecule has 0 aliphatic carbocycles. The lowest BCUT2D eigenvalue weighted by Gasteiger charge is -2.38. The molecular weight excluding hydrogens is 336 g/mol. The molecule has 1 aliphatic heterocycles. The number of nitrogens with one attached hydrogen (secondary N) is 1. The highest BCUT2D eigenvalue weighted by Crippen LogP contribution is 2.40.